The Hall–Kier alpha value is -1.86. The van der Waals surface area contributed by atoms with Crippen LogP contribution in [-0.2, 0) is 5.41 Å². The number of hydrogen-bond donors (Lipinski definition) is 1. The molecule has 1 aliphatic heterocycles. The highest BCUT2D eigenvalue weighted by Crippen LogP contribution is 2.33. The van der Waals surface area contributed by atoms with Crippen LogP contribution in [0.4, 0.5) is 0 Å². The molecule has 0 saturated carbocycles. The van der Waals surface area contributed by atoms with E-state index in [1.807, 2.05) is 6.21 Å². The van der Waals surface area contributed by atoms with Crippen molar-refractivity contribution in [1.29, 1.82) is 0 Å². The van der Waals surface area contributed by atoms with Gasteiger partial charge >= 0.3 is 0 Å². The normalized spacial score (nSPS) is 15.9. The van der Waals surface area contributed by atoms with Crippen molar-refractivity contribution in [3.05, 3.63) is 53.1 Å². The summed E-state index contributed by atoms with van der Waals surface area (Å²) in [7, 11) is 0.405. The lowest BCUT2D eigenvalue weighted by molar-refractivity contribution is 0.240. The summed E-state index contributed by atoms with van der Waals surface area (Å²) in [5.74, 6) is 0.439. The van der Waals surface area contributed by atoms with Gasteiger partial charge in [0.2, 0.25) is 0 Å². The number of aromatic hydroxyl groups is 1. The molecular formula is C23H31N2OP. The largest absolute Gasteiger partial charge is 0.507 e. The number of phenols is 1. The average Bonchev–Trinajstić information content (AvgIpc) is 2.63. The third-order valence-corrected chi connectivity index (χ3v) is 6.36. The van der Waals surface area contributed by atoms with Gasteiger partial charge < -0.3 is 5.11 Å². The molecule has 4 heteroatoms. The summed E-state index contributed by atoms with van der Waals surface area (Å²) in [6, 6.07) is 12.6. The number of benzene rings is 2. The second kappa shape index (κ2) is 8.44. The van der Waals surface area contributed by atoms with Crippen molar-refractivity contribution in [3.8, 4) is 5.75 Å². The van der Waals surface area contributed by atoms with Crippen molar-refractivity contribution in [2.75, 3.05) is 13.1 Å². The molecule has 3 nitrogen and oxygen atoms in total. The number of rotatable bonds is 4. The van der Waals surface area contributed by atoms with Gasteiger partial charge in [0, 0.05) is 29.5 Å². The van der Waals surface area contributed by atoms with Crippen LogP contribution in [0.1, 0.15) is 56.7 Å². The minimum absolute atomic E-state index is 0.0788. The molecule has 1 aliphatic rings. The SMILES string of the molecule is Cc1cc(Pc2ccccc2/C=N\N2CCCCC2)c(O)c(C(C)(C)C)c1. The molecule has 3 rings (SSSR count). The average molecular weight is 382 g/mol. The topological polar surface area (TPSA) is 35.8 Å². The molecule has 1 atom stereocenters. The summed E-state index contributed by atoms with van der Waals surface area (Å²) in [5, 5.41) is 20.0. The van der Waals surface area contributed by atoms with E-state index in [1.54, 1.807) is 0 Å². The lowest BCUT2D eigenvalue weighted by Crippen LogP contribution is -2.25. The molecule has 1 unspecified atom stereocenters. The van der Waals surface area contributed by atoms with Crippen molar-refractivity contribution in [3.63, 3.8) is 0 Å². The van der Waals surface area contributed by atoms with Crippen molar-refractivity contribution < 1.29 is 5.11 Å². The highest BCUT2D eigenvalue weighted by Gasteiger charge is 2.21. The van der Waals surface area contributed by atoms with Gasteiger partial charge in [-0.3, -0.25) is 5.01 Å². The summed E-state index contributed by atoms with van der Waals surface area (Å²) in [5.41, 5.74) is 3.27. The third-order valence-electron chi connectivity index (χ3n) is 4.98. The van der Waals surface area contributed by atoms with Crippen molar-refractivity contribution in [1.82, 2.24) is 5.01 Å². The van der Waals surface area contributed by atoms with Crippen molar-refractivity contribution >= 4 is 25.4 Å². The molecule has 0 radical (unpaired) electrons. The zero-order valence-corrected chi connectivity index (χ0v) is 17.9. The molecule has 0 spiro atoms. The van der Waals surface area contributed by atoms with Gasteiger partial charge in [-0.05, 0) is 48.5 Å². The van der Waals surface area contributed by atoms with E-state index in [4.69, 9.17) is 5.10 Å². The Morgan fingerprint density at radius 3 is 2.44 bits per heavy atom. The number of aryl methyl sites for hydroxylation is 1. The van der Waals surface area contributed by atoms with Crippen LogP contribution in [0.15, 0.2) is 41.5 Å². The van der Waals surface area contributed by atoms with Crippen LogP contribution in [0.3, 0.4) is 0 Å². The van der Waals surface area contributed by atoms with Crippen LogP contribution in [0.25, 0.3) is 0 Å². The maximum Gasteiger partial charge on any atom is 0.127 e. The molecule has 1 fully saturated rings. The second-order valence-corrected chi connectivity index (χ2v) is 9.76. The molecule has 0 amide bonds. The van der Waals surface area contributed by atoms with E-state index in [0.29, 0.717) is 14.3 Å². The Labute approximate surface area is 165 Å². The Morgan fingerprint density at radius 2 is 1.74 bits per heavy atom. The fourth-order valence-electron chi connectivity index (χ4n) is 3.45. The molecule has 0 bridgehead atoms. The Morgan fingerprint density at radius 1 is 1.04 bits per heavy atom. The summed E-state index contributed by atoms with van der Waals surface area (Å²) in [4.78, 5) is 0. The molecule has 1 saturated heterocycles. The molecule has 0 aliphatic carbocycles. The van der Waals surface area contributed by atoms with Gasteiger partial charge in [0.25, 0.3) is 0 Å². The van der Waals surface area contributed by atoms with Gasteiger partial charge in [-0.1, -0.05) is 59.7 Å². The third kappa shape index (κ3) is 5.11. The van der Waals surface area contributed by atoms with Gasteiger partial charge in [-0.15, -0.1) is 0 Å². The van der Waals surface area contributed by atoms with Crippen LogP contribution < -0.4 is 10.6 Å². The lowest BCUT2D eigenvalue weighted by Gasteiger charge is -2.24. The van der Waals surface area contributed by atoms with Gasteiger partial charge in [0.05, 0.1) is 6.21 Å². The zero-order chi connectivity index (χ0) is 19.4. The first-order valence-corrected chi connectivity index (χ1v) is 10.8. The van der Waals surface area contributed by atoms with E-state index in [1.165, 1.54) is 30.1 Å². The number of nitrogens with zero attached hydrogens (tertiary/aromatic N) is 2. The van der Waals surface area contributed by atoms with E-state index >= 15 is 0 Å². The fraction of sp³-hybridized carbons (Fsp3) is 0.435. The van der Waals surface area contributed by atoms with Gasteiger partial charge in [0.15, 0.2) is 0 Å². The maximum absolute atomic E-state index is 10.9. The summed E-state index contributed by atoms with van der Waals surface area (Å²) in [6.07, 6.45) is 5.76. The minimum Gasteiger partial charge on any atom is -0.507 e. The Kier molecular flexibility index (Phi) is 6.22. The number of piperidine rings is 1. The molecule has 27 heavy (non-hydrogen) atoms. The summed E-state index contributed by atoms with van der Waals surface area (Å²) < 4.78 is 0. The van der Waals surface area contributed by atoms with Crippen LogP contribution in [0.5, 0.6) is 5.75 Å². The predicted molar refractivity (Wildman–Crippen MR) is 119 cm³/mol. The zero-order valence-electron chi connectivity index (χ0n) is 16.9. The molecule has 1 heterocycles. The van der Waals surface area contributed by atoms with Crippen LogP contribution in [0, 0.1) is 6.92 Å². The molecule has 2 aromatic carbocycles. The number of phenolic OH excluding ortho intramolecular Hbond substituents is 1. The fourth-order valence-corrected chi connectivity index (χ4v) is 4.77. The molecule has 144 valence electrons. The molecule has 0 aromatic heterocycles. The lowest BCUT2D eigenvalue weighted by atomic mass is 9.85. The maximum atomic E-state index is 10.9. The monoisotopic (exact) mass is 382 g/mol. The number of hydrazone groups is 1. The summed E-state index contributed by atoms with van der Waals surface area (Å²) >= 11 is 0. The van der Waals surface area contributed by atoms with E-state index in [0.717, 1.165) is 29.5 Å². The number of hydrogen-bond acceptors (Lipinski definition) is 3. The molecular weight excluding hydrogens is 351 g/mol. The quantitative estimate of drug-likeness (QED) is 0.627. The van der Waals surface area contributed by atoms with Gasteiger partial charge in [0.1, 0.15) is 5.75 Å². The van der Waals surface area contributed by atoms with Crippen LogP contribution in [0.2, 0.25) is 0 Å². The predicted octanol–water partition coefficient (Wildman–Crippen LogP) is 4.45. The highest BCUT2D eigenvalue weighted by molar-refractivity contribution is 7.56. The molecule has 2 aromatic rings. The molecule has 1 N–H and O–H groups in total. The standard InChI is InChI=1S/C23H31N2OP/c1-17-14-19(23(2,3)4)22(26)21(15-17)27-20-11-7-6-10-18(20)16-24-25-12-8-5-9-13-25/h6-7,10-11,14-16,26-27H,5,8-9,12-13H2,1-4H3/b24-16-. The van der Waals surface area contributed by atoms with Gasteiger partial charge in [-0.2, -0.15) is 5.10 Å². The van der Waals surface area contributed by atoms with E-state index in [2.05, 4.69) is 69.1 Å². The van der Waals surface area contributed by atoms with Crippen molar-refractivity contribution in [2.24, 2.45) is 5.10 Å². The van der Waals surface area contributed by atoms with E-state index in [9.17, 15) is 5.11 Å². The Bertz CT molecular complexity index is 818. The minimum atomic E-state index is -0.0788. The first-order valence-electron chi connectivity index (χ1n) is 9.83. The van der Waals surface area contributed by atoms with Crippen LogP contribution in [-0.4, -0.2) is 29.4 Å². The smallest absolute Gasteiger partial charge is 0.127 e. The summed E-state index contributed by atoms with van der Waals surface area (Å²) in [6.45, 7) is 10.6. The Balaban J connectivity index is 1.88. The van der Waals surface area contributed by atoms with E-state index < -0.39 is 0 Å². The first kappa shape index (κ1) is 19.9. The van der Waals surface area contributed by atoms with E-state index in [-0.39, 0.29) is 5.41 Å². The second-order valence-electron chi connectivity index (χ2n) is 8.43. The van der Waals surface area contributed by atoms with Crippen LogP contribution >= 0.6 is 8.58 Å². The highest BCUT2D eigenvalue weighted by atomic mass is 31.1. The van der Waals surface area contributed by atoms with Gasteiger partial charge in [-0.25, -0.2) is 0 Å². The first-order chi connectivity index (χ1) is 12.8. The van der Waals surface area contributed by atoms with Crippen molar-refractivity contribution in [2.45, 2.75) is 52.4 Å².